The van der Waals surface area contributed by atoms with Gasteiger partial charge in [-0.1, -0.05) is 18.7 Å². The van der Waals surface area contributed by atoms with Crippen molar-refractivity contribution < 1.29 is 5.11 Å². The SMILES string of the molecule is C=C1C=CC=C(O)C1NC#N. The molecule has 1 aliphatic rings. The lowest BCUT2D eigenvalue weighted by atomic mass is 10.0. The van der Waals surface area contributed by atoms with E-state index in [0.717, 1.165) is 0 Å². The average molecular weight is 148 g/mol. The molecule has 0 aromatic rings. The molecule has 11 heavy (non-hydrogen) atoms. The second kappa shape index (κ2) is 2.93. The molecular weight excluding hydrogens is 140 g/mol. The van der Waals surface area contributed by atoms with Crippen molar-refractivity contribution in [3.8, 4) is 6.19 Å². The summed E-state index contributed by atoms with van der Waals surface area (Å²) in [5.74, 6) is 0.124. The lowest BCUT2D eigenvalue weighted by molar-refractivity contribution is 0.369. The monoisotopic (exact) mass is 148 g/mol. The first-order valence-electron chi connectivity index (χ1n) is 3.16. The number of nitriles is 1. The number of aliphatic hydroxyl groups excluding tert-OH is 1. The van der Waals surface area contributed by atoms with Crippen LogP contribution in [0.3, 0.4) is 0 Å². The van der Waals surface area contributed by atoms with Gasteiger partial charge in [0.25, 0.3) is 0 Å². The first-order valence-corrected chi connectivity index (χ1v) is 3.16. The number of aliphatic hydroxyl groups is 1. The number of rotatable bonds is 1. The minimum atomic E-state index is -0.440. The molecule has 0 radical (unpaired) electrons. The van der Waals surface area contributed by atoms with E-state index in [2.05, 4.69) is 11.9 Å². The van der Waals surface area contributed by atoms with E-state index < -0.39 is 6.04 Å². The Labute approximate surface area is 65.0 Å². The zero-order valence-corrected chi connectivity index (χ0v) is 5.91. The zero-order valence-electron chi connectivity index (χ0n) is 5.91. The van der Waals surface area contributed by atoms with E-state index in [1.165, 1.54) is 6.08 Å². The van der Waals surface area contributed by atoms with Crippen LogP contribution in [0.2, 0.25) is 0 Å². The molecule has 0 aromatic carbocycles. The van der Waals surface area contributed by atoms with Crippen LogP contribution < -0.4 is 5.32 Å². The van der Waals surface area contributed by atoms with Crippen LogP contribution >= 0.6 is 0 Å². The summed E-state index contributed by atoms with van der Waals surface area (Å²) >= 11 is 0. The standard InChI is InChI=1S/C8H8N2O/c1-6-3-2-4-7(11)8(6)10-5-9/h2-4,8,10-11H,1H2. The van der Waals surface area contributed by atoms with Gasteiger partial charge < -0.3 is 10.4 Å². The van der Waals surface area contributed by atoms with Crippen LogP contribution in [0.4, 0.5) is 0 Å². The van der Waals surface area contributed by atoms with Gasteiger partial charge in [-0.15, -0.1) is 0 Å². The Morgan fingerprint density at radius 3 is 3.00 bits per heavy atom. The van der Waals surface area contributed by atoms with Crippen molar-refractivity contribution in [3.63, 3.8) is 0 Å². The van der Waals surface area contributed by atoms with Crippen LogP contribution in [0.25, 0.3) is 0 Å². The number of nitrogens with zero attached hydrogens (tertiary/aromatic N) is 1. The fourth-order valence-electron chi connectivity index (χ4n) is 0.884. The summed E-state index contributed by atoms with van der Waals surface area (Å²) in [5, 5.41) is 19.9. The molecule has 0 amide bonds. The summed E-state index contributed by atoms with van der Waals surface area (Å²) in [6, 6.07) is -0.440. The van der Waals surface area contributed by atoms with E-state index in [-0.39, 0.29) is 5.76 Å². The topological polar surface area (TPSA) is 56.0 Å². The van der Waals surface area contributed by atoms with E-state index in [4.69, 9.17) is 5.26 Å². The molecule has 0 saturated carbocycles. The Hall–Kier alpha value is -1.69. The van der Waals surface area contributed by atoms with E-state index in [0.29, 0.717) is 5.57 Å². The molecule has 0 bridgehead atoms. The van der Waals surface area contributed by atoms with Crippen molar-refractivity contribution in [2.75, 3.05) is 0 Å². The summed E-state index contributed by atoms with van der Waals surface area (Å²) in [6.45, 7) is 3.66. The van der Waals surface area contributed by atoms with Gasteiger partial charge in [-0.2, -0.15) is 5.26 Å². The van der Waals surface area contributed by atoms with Crippen LogP contribution in [0, 0.1) is 11.5 Å². The van der Waals surface area contributed by atoms with E-state index in [9.17, 15) is 5.11 Å². The maximum atomic E-state index is 9.21. The molecule has 1 rings (SSSR count). The highest BCUT2D eigenvalue weighted by molar-refractivity contribution is 5.37. The highest BCUT2D eigenvalue weighted by Crippen LogP contribution is 2.14. The smallest absolute Gasteiger partial charge is 0.177 e. The first-order chi connectivity index (χ1) is 5.25. The maximum absolute atomic E-state index is 9.21. The molecular formula is C8H8N2O. The average Bonchev–Trinajstić information content (AvgIpc) is 1.97. The van der Waals surface area contributed by atoms with Gasteiger partial charge in [-0.05, 0) is 11.6 Å². The number of nitrogens with one attached hydrogen (secondary N) is 1. The van der Waals surface area contributed by atoms with Crippen LogP contribution in [-0.4, -0.2) is 11.1 Å². The lowest BCUT2D eigenvalue weighted by Crippen LogP contribution is -2.29. The molecule has 0 saturated heterocycles. The second-order valence-electron chi connectivity index (χ2n) is 2.21. The third kappa shape index (κ3) is 1.41. The molecule has 0 fully saturated rings. The van der Waals surface area contributed by atoms with Gasteiger partial charge in [0.05, 0.1) is 0 Å². The quantitative estimate of drug-likeness (QED) is 0.430. The van der Waals surface area contributed by atoms with Crippen molar-refractivity contribution in [3.05, 3.63) is 36.1 Å². The minimum Gasteiger partial charge on any atom is -0.510 e. The molecule has 0 heterocycles. The Kier molecular flexibility index (Phi) is 1.98. The molecule has 3 heteroatoms. The van der Waals surface area contributed by atoms with Crippen LogP contribution in [-0.2, 0) is 0 Å². The zero-order chi connectivity index (χ0) is 8.27. The van der Waals surface area contributed by atoms with Crippen LogP contribution in [0.5, 0.6) is 0 Å². The van der Waals surface area contributed by atoms with Gasteiger partial charge in [-0.25, -0.2) is 0 Å². The first kappa shape index (κ1) is 7.42. The van der Waals surface area contributed by atoms with Gasteiger partial charge in [0.1, 0.15) is 11.8 Å². The van der Waals surface area contributed by atoms with Gasteiger partial charge in [0.2, 0.25) is 0 Å². The van der Waals surface area contributed by atoms with Gasteiger partial charge in [0, 0.05) is 0 Å². The molecule has 56 valence electrons. The van der Waals surface area contributed by atoms with Crippen LogP contribution in [0.15, 0.2) is 36.1 Å². The highest BCUT2D eigenvalue weighted by atomic mass is 16.3. The maximum Gasteiger partial charge on any atom is 0.177 e. The number of hydrogen-bond acceptors (Lipinski definition) is 3. The predicted octanol–water partition coefficient (Wildman–Crippen LogP) is 0.994. The summed E-state index contributed by atoms with van der Waals surface area (Å²) < 4.78 is 0. The molecule has 0 aromatic heterocycles. The van der Waals surface area contributed by atoms with Crippen molar-refractivity contribution >= 4 is 0 Å². The normalized spacial score (nSPS) is 22.3. The number of hydrogen-bond donors (Lipinski definition) is 2. The van der Waals surface area contributed by atoms with Gasteiger partial charge >= 0.3 is 0 Å². The molecule has 1 unspecified atom stereocenters. The van der Waals surface area contributed by atoms with Crippen molar-refractivity contribution in [1.29, 1.82) is 5.26 Å². The van der Waals surface area contributed by atoms with Crippen molar-refractivity contribution in [2.45, 2.75) is 6.04 Å². The van der Waals surface area contributed by atoms with Gasteiger partial charge in [0.15, 0.2) is 6.19 Å². The van der Waals surface area contributed by atoms with Crippen molar-refractivity contribution in [2.24, 2.45) is 0 Å². The summed E-state index contributed by atoms with van der Waals surface area (Å²) in [5.41, 5.74) is 0.687. The Morgan fingerprint density at radius 1 is 1.73 bits per heavy atom. The van der Waals surface area contributed by atoms with E-state index in [1.54, 1.807) is 18.3 Å². The second-order valence-corrected chi connectivity index (χ2v) is 2.21. The Balaban J connectivity index is 2.80. The van der Waals surface area contributed by atoms with E-state index in [1.807, 2.05) is 0 Å². The predicted molar refractivity (Wildman–Crippen MR) is 41.5 cm³/mol. The largest absolute Gasteiger partial charge is 0.510 e. The summed E-state index contributed by atoms with van der Waals surface area (Å²) in [6.07, 6.45) is 6.72. The fourth-order valence-corrected chi connectivity index (χ4v) is 0.884. The molecule has 3 nitrogen and oxygen atoms in total. The highest BCUT2D eigenvalue weighted by Gasteiger charge is 2.16. The lowest BCUT2D eigenvalue weighted by Gasteiger charge is -2.16. The minimum absolute atomic E-state index is 0.124. The van der Waals surface area contributed by atoms with Crippen molar-refractivity contribution in [1.82, 2.24) is 5.32 Å². The molecule has 0 aliphatic heterocycles. The third-order valence-electron chi connectivity index (χ3n) is 1.45. The third-order valence-corrected chi connectivity index (χ3v) is 1.45. The number of allylic oxidation sites excluding steroid dienone is 2. The summed E-state index contributed by atoms with van der Waals surface area (Å²) in [4.78, 5) is 0. The molecule has 2 N–H and O–H groups in total. The Bertz CT molecular complexity index is 270. The van der Waals surface area contributed by atoms with Gasteiger partial charge in [-0.3, -0.25) is 0 Å². The Morgan fingerprint density at radius 2 is 2.45 bits per heavy atom. The van der Waals surface area contributed by atoms with E-state index >= 15 is 0 Å². The molecule has 1 atom stereocenters. The molecule has 0 spiro atoms. The fraction of sp³-hybridized carbons (Fsp3) is 0.125. The summed E-state index contributed by atoms with van der Waals surface area (Å²) in [7, 11) is 0. The van der Waals surface area contributed by atoms with Crippen LogP contribution in [0.1, 0.15) is 0 Å². The molecule has 1 aliphatic carbocycles.